The Balaban J connectivity index is 2.69. The second-order valence-electron chi connectivity index (χ2n) is 4.31. The third kappa shape index (κ3) is 4.09. The molecule has 0 spiro atoms. The van der Waals surface area contributed by atoms with E-state index >= 15 is 0 Å². The lowest BCUT2D eigenvalue weighted by Crippen LogP contribution is -2.44. The van der Waals surface area contributed by atoms with E-state index in [0.717, 1.165) is 25.7 Å². The maximum absolute atomic E-state index is 11.6. The zero-order chi connectivity index (χ0) is 11.3. The van der Waals surface area contributed by atoms with Crippen LogP contribution < -0.4 is 5.32 Å². The van der Waals surface area contributed by atoms with Gasteiger partial charge in [0.1, 0.15) is 0 Å². The molecule has 0 radical (unpaired) electrons. The predicted octanol–water partition coefficient (Wildman–Crippen LogP) is 1.15. The van der Waals surface area contributed by atoms with Crippen LogP contribution in [0.5, 0.6) is 0 Å². The molecule has 1 aliphatic rings. The van der Waals surface area contributed by atoms with Gasteiger partial charge >= 0.3 is 0 Å². The first kappa shape index (κ1) is 12.9. The van der Waals surface area contributed by atoms with Crippen molar-refractivity contribution in [2.24, 2.45) is 0 Å². The Labute approximate surface area is 93.1 Å². The molecule has 1 aliphatic carbocycles. The molecule has 0 saturated heterocycles. The van der Waals surface area contributed by atoms with Crippen molar-refractivity contribution in [3.8, 4) is 0 Å². The minimum Gasteiger partial charge on any atom is -0.307 e. The molecular weight excluding hydrogens is 212 g/mol. The number of nitrogens with one attached hydrogen (secondary N) is 1. The molecule has 1 saturated carbocycles. The van der Waals surface area contributed by atoms with Gasteiger partial charge in [-0.1, -0.05) is 25.7 Å². The molecule has 0 aliphatic heterocycles. The van der Waals surface area contributed by atoms with Crippen molar-refractivity contribution in [1.29, 1.82) is 0 Å². The van der Waals surface area contributed by atoms with Crippen molar-refractivity contribution < 1.29 is 8.42 Å². The van der Waals surface area contributed by atoms with E-state index in [1.54, 1.807) is 11.4 Å². The Morgan fingerprint density at radius 3 is 2.13 bits per heavy atom. The number of sulfonamides is 1. The molecular formula is C10H22N2O2S. The second-order valence-corrected chi connectivity index (χ2v) is 6.24. The minimum absolute atomic E-state index is 0.204. The summed E-state index contributed by atoms with van der Waals surface area (Å²) in [6.45, 7) is 0.434. The van der Waals surface area contributed by atoms with E-state index in [1.165, 1.54) is 19.1 Å². The molecule has 0 bridgehead atoms. The molecule has 0 amide bonds. The second kappa shape index (κ2) is 5.82. The van der Waals surface area contributed by atoms with Crippen molar-refractivity contribution >= 4 is 10.0 Å². The SMILES string of the molecule is CNCN(C1CCCCCC1)S(C)(=O)=O. The van der Waals surface area contributed by atoms with Crippen LogP contribution in [-0.4, -0.2) is 38.7 Å². The average molecular weight is 234 g/mol. The monoisotopic (exact) mass is 234 g/mol. The molecule has 90 valence electrons. The summed E-state index contributed by atoms with van der Waals surface area (Å²) in [5, 5.41) is 2.94. The first-order valence-corrected chi connectivity index (χ1v) is 7.52. The predicted molar refractivity (Wildman–Crippen MR) is 62.1 cm³/mol. The van der Waals surface area contributed by atoms with Crippen molar-refractivity contribution in [3.63, 3.8) is 0 Å². The fourth-order valence-corrected chi connectivity index (χ4v) is 3.33. The van der Waals surface area contributed by atoms with E-state index < -0.39 is 10.0 Å². The summed E-state index contributed by atoms with van der Waals surface area (Å²) in [4.78, 5) is 0. The van der Waals surface area contributed by atoms with E-state index in [0.29, 0.717) is 6.67 Å². The maximum atomic E-state index is 11.6. The molecule has 0 atom stereocenters. The summed E-state index contributed by atoms with van der Waals surface area (Å²) < 4.78 is 24.8. The van der Waals surface area contributed by atoms with Gasteiger partial charge in [-0.2, -0.15) is 4.31 Å². The lowest BCUT2D eigenvalue weighted by Gasteiger charge is -2.28. The van der Waals surface area contributed by atoms with Crippen LogP contribution in [0.2, 0.25) is 0 Å². The Bertz CT molecular complexity index is 269. The van der Waals surface area contributed by atoms with Crippen LogP contribution in [0.1, 0.15) is 38.5 Å². The highest BCUT2D eigenvalue weighted by Gasteiger charge is 2.26. The fraction of sp³-hybridized carbons (Fsp3) is 1.00. The third-order valence-corrected chi connectivity index (χ3v) is 4.25. The van der Waals surface area contributed by atoms with Gasteiger partial charge in [0, 0.05) is 6.04 Å². The van der Waals surface area contributed by atoms with Crippen LogP contribution >= 0.6 is 0 Å². The molecule has 0 aromatic heterocycles. The molecule has 4 nitrogen and oxygen atoms in total. The van der Waals surface area contributed by atoms with Gasteiger partial charge in [0.25, 0.3) is 0 Å². The zero-order valence-corrected chi connectivity index (χ0v) is 10.5. The number of nitrogens with zero attached hydrogens (tertiary/aromatic N) is 1. The fourth-order valence-electron chi connectivity index (χ4n) is 2.22. The highest BCUT2D eigenvalue weighted by molar-refractivity contribution is 7.88. The topological polar surface area (TPSA) is 49.4 Å². The Morgan fingerprint density at radius 2 is 1.73 bits per heavy atom. The minimum atomic E-state index is -3.07. The number of hydrogen-bond donors (Lipinski definition) is 1. The standard InChI is InChI=1S/C10H22N2O2S/c1-11-9-12(15(2,13)14)10-7-5-3-4-6-8-10/h10-11H,3-9H2,1-2H3. The molecule has 0 unspecified atom stereocenters. The van der Waals surface area contributed by atoms with E-state index in [2.05, 4.69) is 5.32 Å². The Morgan fingerprint density at radius 1 is 1.20 bits per heavy atom. The normalized spacial score (nSPS) is 20.5. The van der Waals surface area contributed by atoms with E-state index in [4.69, 9.17) is 0 Å². The lowest BCUT2D eigenvalue weighted by atomic mass is 10.1. The number of hydrogen-bond acceptors (Lipinski definition) is 3. The molecule has 15 heavy (non-hydrogen) atoms. The molecule has 0 aromatic rings. The van der Waals surface area contributed by atoms with Crippen LogP contribution in [0.15, 0.2) is 0 Å². The quantitative estimate of drug-likeness (QED) is 0.586. The van der Waals surface area contributed by atoms with Gasteiger partial charge in [0.2, 0.25) is 10.0 Å². The van der Waals surface area contributed by atoms with Gasteiger partial charge in [0.05, 0.1) is 12.9 Å². The number of rotatable bonds is 4. The zero-order valence-electron chi connectivity index (χ0n) is 9.70. The van der Waals surface area contributed by atoms with Crippen molar-refractivity contribution in [2.75, 3.05) is 20.0 Å². The van der Waals surface area contributed by atoms with Crippen LogP contribution in [0.4, 0.5) is 0 Å². The molecule has 1 N–H and O–H groups in total. The van der Waals surface area contributed by atoms with Crippen LogP contribution in [0, 0.1) is 0 Å². The Hall–Kier alpha value is -0.130. The summed E-state index contributed by atoms with van der Waals surface area (Å²) in [7, 11) is -1.29. The van der Waals surface area contributed by atoms with Gasteiger partial charge in [-0.25, -0.2) is 8.42 Å². The Kier molecular flexibility index (Phi) is 5.02. The van der Waals surface area contributed by atoms with E-state index in [1.807, 2.05) is 0 Å². The van der Waals surface area contributed by atoms with Gasteiger partial charge in [0.15, 0.2) is 0 Å². The lowest BCUT2D eigenvalue weighted by molar-refractivity contribution is 0.283. The highest BCUT2D eigenvalue weighted by Crippen LogP contribution is 2.22. The van der Waals surface area contributed by atoms with Gasteiger partial charge in [-0.05, 0) is 19.9 Å². The van der Waals surface area contributed by atoms with E-state index in [-0.39, 0.29) is 6.04 Å². The van der Waals surface area contributed by atoms with Gasteiger partial charge in [-0.3, -0.25) is 0 Å². The highest BCUT2D eigenvalue weighted by atomic mass is 32.2. The maximum Gasteiger partial charge on any atom is 0.212 e. The first-order chi connectivity index (χ1) is 7.05. The summed E-state index contributed by atoms with van der Waals surface area (Å²) >= 11 is 0. The van der Waals surface area contributed by atoms with E-state index in [9.17, 15) is 8.42 Å². The molecule has 0 heterocycles. The van der Waals surface area contributed by atoms with Crippen LogP contribution in [0.25, 0.3) is 0 Å². The van der Waals surface area contributed by atoms with Crippen LogP contribution in [0.3, 0.4) is 0 Å². The van der Waals surface area contributed by atoms with Gasteiger partial charge < -0.3 is 5.32 Å². The largest absolute Gasteiger partial charge is 0.307 e. The summed E-state index contributed by atoms with van der Waals surface area (Å²) in [5.74, 6) is 0. The van der Waals surface area contributed by atoms with Gasteiger partial charge in [-0.15, -0.1) is 0 Å². The molecule has 0 aromatic carbocycles. The smallest absolute Gasteiger partial charge is 0.212 e. The molecule has 5 heteroatoms. The van der Waals surface area contributed by atoms with Crippen LogP contribution in [-0.2, 0) is 10.0 Å². The summed E-state index contributed by atoms with van der Waals surface area (Å²) in [5.41, 5.74) is 0. The van der Waals surface area contributed by atoms with Crippen molar-refractivity contribution in [3.05, 3.63) is 0 Å². The summed E-state index contributed by atoms with van der Waals surface area (Å²) in [6.07, 6.45) is 8.11. The van der Waals surface area contributed by atoms with Crippen molar-refractivity contribution in [1.82, 2.24) is 9.62 Å². The summed E-state index contributed by atoms with van der Waals surface area (Å²) in [6, 6.07) is 0.204. The van der Waals surface area contributed by atoms with Crippen molar-refractivity contribution in [2.45, 2.75) is 44.6 Å². The molecule has 1 fully saturated rings. The molecule has 1 rings (SSSR count). The third-order valence-electron chi connectivity index (χ3n) is 2.97. The average Bonchev–Trinajstić information content (AvgIpc) is 2.40. The first-order valence-electron chi connectivity index (χ1n) is 5.67.